The van der Waals surface area contributed by atoms with E-state index in [9.17, 15) is 21.6 Å². The fraction of sp³-hybridized carbons (Fsp3) is 0.294. The molecule has 3 rings (SSSR count). The summed E-state index contributed by atoms with van der Waals surface area (Å²) >= 11 is 0. The molecule has 0 aromatic heterocycles. The number of hydrogen-bond acceptors (Lipinski definition) is 5. The minimum Gasteiger partial charge on any atom is -0.544 e. The van der Waals surface area contributed by atoms with Crippen LogP contribution in [0.4, 0.5) is 13.2 Å². The van der Waals surface area contributed by atoms with Gasteiger partial charge in [0.05, 0.1) is 5.56 Å². The van der Waals surface area contributed by atoms with Crippen LogP contribution >= 0.6 is 0 Å². The average molecular weight is 418 g/mol. The molecule has 0 amide bonds. The molecule has 1 heterocycles. The smallest absolute Gasteiger partial charge is 0.534 e. The van der Waals surface area contributed by atoms with Crippen molar-refractivity contribution in [2.75, 3.05) is 0 Å². The van der Waals surface area contributed by atoms with Crippen molar-refractivity contribution in [2.45, 2.75) is 31.8 Å². The molecule has 146 valence electrons. The third-order valence-electron chi connectivity index (χ3n) is 3.61. The third kappa shape index (κ3) is 4.06. The van der Waals surface area contributed by atoms with Crippen LogP contribution in [0, 0.1) is 0 Å². The topological polar surface area (TPSA) is 61.8 Å². The summed E-state index contributed by atoms with van der Waals surface area (Å²) < 4.78 is 76.6. The Morgan fingerprint density at radius 3 is 2.41 bits per heavy atom. The maximum Gasteiger partial charge on any atom is 0.534 e. The summed E-state index contributed by atoms with van der Waals surface area (Å²) in [6.45, 7) is 5.89. The summed E-state index contributed by atoms with van der Waals surface area (Å²) in [5, 5.41) is 0. The molecule has 10 heteroatoms. The zero-order valence-electron chi connectivity index (χ0n) is 14.8. The Kier molecular flexibility index (Phi) is 4.67. The van der Waals surface area contributed by atoms with Gasteiger partial charge in [-0.05, 0) is 30.8 Å². The maximum atomic E-state index is 12.7. The highest BCUT2D eigenvalue weighted by Crippen LogP contribution is 2.47. The minimum absolute atomic E-state index is 0.199. The Bertz CT molecular complexity index is 981. The molecule has 2 aromatic carbocycles. The molecule has 0 fully saturated rings. The van der Waals surface area contributed by atoms with Gasteiger partial charge in [-0.15, -0.1) is 0 Å². The van der Waals surface area contributed by atoms with E-state index in [0.29, 0.717) is 5.56 Å². The second kappa shape index (κ2) is 6.45. The number of hydrogen-bond donors (Lipinski definition) is 0. The summed E-state index contributed by atoms with van der Waals surface area (Å²) in [6.07, 6.45) is 0. The largest absolute Gasteiger partial charge is 0.544 e. The predicted molar refractivity (Wildman–Crippen MR) is 95.8 cm³/mol. The van der Waals surface area contributed by atoms with Crippen molar-refractivity contribution in [3.63, 3.8) is 0 Å². The average Bonchev–Trinajstić information content (AvgIpc) is 2.51. The SMILES string of the molecule is C[Si](C)(C)Oc1cc(OS(=O)(=O)C(F)(F)F)cc2c1-c1ccccc1CO2. The number of halogens is 3. The van der Waals surface area contributed by atoms with E-state index in [1.807, 2.05) is 43.9 Å². The predicted octanol–water partition coefficient (Wildman–Crippen LogP) is 4.69. The number of fused-ring (bicyclic) bond motifs is 3. The van der Waals surface area contributed by atoms with Crippen molar-refractivity contribution in [3.8, 4) is 28.4 Å². The third-order valence-corrected chi connectivity index (χ3v) is 5.43. The van der Waals surface area contributed by atoms with Gasteiger partial charge in [-0.1, -0.05) is 24.3 Å². The number of rotatable bonds is 4. The highest BCUT2D eigenvalue weighted by atomic mass is 32.2. The molecular formula is C17H17F3O5SSi. The molecule has 0 aliphatic carbocycles. The fourth-order valence-corrected chi connectivity index (χ4v) is 3.89. The van der Waals surface area contributed by atoms with Gasteiger partial charge in [0.1, 0.15) is 23.9 Å². The van der Waals surface area contributed by atoms with Gasteiger partial charge >= 0.3 is 15.6 Å². The van der Waals surface area contributed by atoms with Gasteiger partial charge < -0.3 is 13.3 Å². The van der Waals surface area contributed by atoms with Gasteiger partial charge in [0.2, 0.25) is 8.32 Å². The lowest BCUT2D eigenvalue weighted by Gasteiger charge is -2.27. The van der Waals surface area contributed by atoms with Gasteiger partial charge in [-0.25, -0.2) is 0 Å². The summed E-state index contributed by atoms with van der Waals surface area (Å²) in [5.41, 5.74) is -3.26. The second-order valence-electron chi connectivity index (χ2n) is 6.94. The zero-order chi connectivity index (χ0) is 20.0. The van der Waals surface area contributed by atoms with E-state index in [4.69, 9.17) is 9.16 Å². The van der Waals surface area contributed by atoms with Gasteiger partial charge in [-0.2, -0.15) is 21.6 Å². The van der Waals surface area contributed by atoms with Crippen molar-refractivity contribution in [3.05, 3.63) is 42.0 Å². The van der Waals surface area contributed by atoms with Crippen LogP contribution in [0.5, 0.6) is 17.2 Å². The van der Waals surface area contributed by atoms with E-state index in [1.54, 1.807) is 0 Å². The van der Waals surface area contributed by atoms with E-state index in [1.165, 1.54) is 0 Å². The lowest BCUT2D eigenvalue weighted by atomic mass is 9.96. The van der Waals surface area contributed by atoms with Crippen LogP contribution in [0.15, 0.2) is 36.4 Å². The van der Waals surface area contributed by atoms with Crippen LogP contribution < -0.4 is 13.3 Å². The van der Waals surface area contributed by atoms with Gasteiger partial charge in [0.25, 0.3) is 0 Å². The van der Waals surface area contributed by atoms with Crippen molar-refractivity contribution in [1.82, 2.24) is 0 Å². The summed E-state index contributed by atoms with van der Waals surface area (Å²) in [6, 6.07) is 9.68. The quantitative estimate of drug-likeness (QED) is 0.410. The molecule has 27 heavy (non-hydrogen) atoms. The molecule has 5 nitrogen and oxygen atoms in total. The molecule has 0 spiro atoms. The Hall–Kier alpha value is -2.20. The van der Waals surface area contributed by atoms with E-state index < -0.39 is 29.7 Å². The van der Waals surface area contributed by atoms with Crippen LogP contribution in [0.25, 0.3) is 11.1 Å². The van der Waals surface area contributed by atoms with Gasteiger partial charge in [0.15, 0.2) is 0 Å². The van der Waals surface area contributed by atoms with Crippen LogP contribution in [-0.2, 0) is 16.7 Å². The Morgan fingerprint density at radius 2 is 1.78 bits per heavy atom. The van der Waals surface area contributed by atoms with Gasteiger partial charge in [0, 0.05) is 12.1 Å². The van der Waals surface area contributed by atoms with Crippen LogP contribution in [0.1, 0.15) is 5.56 Å². The van der Waals surface area contributed by atoms with Crippen molar-refractivity contribution in [1.29, 1.82) is 0 Å². The van der Waals surface area contributed by atoms with Crippen LogP contribution in [-0.4, -0.2) is 22.2 Å². The Balaban J connectivity index is 2.15. The number of benzene rings is 2. The van der Waals surface area contributed by atoms with Crippen LogP contribution in [0.2, 0.25) is 19.6 Å². The maximum absolute atomic E-state index is 12.7. The molecule has 0 bridgehead atoms. The number of ether oxygens (including phenoxy) is 1. The first kappa shape index (κ1) is 19.6. The first-order chi connectivity index (χ1) is 12.4. The van der Waals surface area contributed by atoms with E-state index in [-0.39, 0.29) is 18.1 Å². The van der Waals surface area contributed by atoms with Crippen LogP contribution in [0.3, 0.4) is 0 Å². The molecule has 0 radical (unpaired) electrons. The summed E-state index contributed by atoms with van der Waals surface area (Å²) in [7, 11) is -7.98. The minimum atomic E-state index is -5.80. The highest BCUT2D eigenvalue weighted by molar-refractivity contribution is 7.88. The number of alkyl halides is 3. The van der Waals surface area contributed by atoms with Gasteiger partial charge in [-0.3, -0.25) is 0 Å². The molecule has 0 saturated carbocycles. The van der Waals surface area contributed by atoms with E-state index in [2.05, 4.69) is 4.18 Å². The fourth-order valence-electron chi connectivity index (χ4n) is 2.62. The highest BCUT2D eigenvalue weighted by Gasteiger charge is 2.48. The molecule has 2 aromatic rings. The monoisotopic (exact) mass is 418 g/mol. The molecule has 0 N–H and O–H groups in total. The normalized spacial score (nSPS) is 14.0. The Morgan fingerprint density at radius 1 is 1.11 bits per heavy atom. The van der Waals surface area contributed by atoms with E-state index >= 15 is 0 Å². The molecule has 0 saturated heterocycles. The standard InChI is InChI=1S/C17H17F3O5SSi/c1-27(2,3)25-15-9-12(24-26(21,22)17(18,19)20)8-14-16(15)13-7-5-4-6-11(13)10-23-14/h4-9H,10H2,1-3H3. The summed E-state index contributed by atoms with van der Waals surface area (Å²) in [4.78, 5) is 0. The molecule has 0 unspecified atom stereocenters. The second-order valence-corrected chi connectivity index (χ2v) is 12.9. The van der Waals surface area contributed by atoms with Crippen molar-refractivity contribution < 1.29 is 34.9 Å². The first-order valence-corrected chi connectivity index (χ1v) is 12.8. The van der Waals surface area contributed by atoms with Crippen molar-refractivity contribution >= 4 is 18.4 Å². The molecule has 0 atom stereocenters. The lowest BCUT2D eigenvalue weighted by molar-refractivity contribution is -0.0500. The molecule has 1 aliphatic heterocycles. The molecule has 1 aliphatic rings. The zero-order valence-corrected chi connectivity index (χ0v) is 16.6. The molecular weight excluding hydrogens is 401 g/mol. The Labute approximate surface area is 155 Å². The lowest BCUT2D eigenvalue weighted by Crippen LogP contribution is -2.30. The summed E-state index contributed by atoms with van der Waals surface area (Å²) in [5.74, 6) is -0.0817. The first-order valence-electron chi connectivity index (χ1n) is 7.96. The van der Waals surface area contributed by atoms with E-state index in [0.717, 1.165) is 23.3 Å². The van der Waals surface area contributed by atoms with Crippen molar-refractivity contribution in [2.24, 2.45) is 0 Å².